The quantitative estimate of drug-likeness (QED) is 0.498. The first-order chi connectivity index (χ1) is 15.9. The van der Waals surface area contributed by atoms with Crippen LogP contribution in [-0.2, 0) is 0 Å². The van der Waals surface area contributed by atoms with E-state index >= 15 is 0 Å². The Hall–Kier alpha value is -4.27. The second-order valence-electron chi connectivity index (χ2n) is 8.61. The maximum absolute atomic E-state index is 14.0. The lowest BCUT2D eigenvalue weighted by Crippen LogP contribution is -2.39. The number of benzene rings is 2. The van der Waals surface area contributed by atoms with Crippen LogP contribution in [0.25, 0.3) is 33.5 Å². The highest BCUT2D eigenvalue weighted by atomic mass is 19.1. The fourth-order valence-electron chi connectivity index (χ4n) is 4.38. The van der Waals surface area contributed by atoms with Gasteiger partial charge in [0.1, 0.15) is 23.8 Å². The van der Waals surface area contributed by atoms with Gasteiger partial charge >= 0.3 is 0 Å². The molecule has 1 aliphatic heterocycles. The van der Waals surface area contributed by atoms with E-state index in [2.05, 4.69) is 20.9 Å². The molecular weight excluding hydrogens is 417 g/mol. The van der Waals surface area contributed by atoms with Crippen LogP contribution in [0.15, 0.2) is 48.8 Å². The van der Waals surface area contributed by atoms with Crippen LogP contribution in [0.1, 0.15) is 24.5 Å². The molecule has 1 atom stereocenters. The number of aromatic amines is 1. The third-order valence-electron chi connectivity index (χ3n) is 6.03. The minimum atomic E-state index is -0.566. The van der Waals surface area contributed by atoms with Gasteiger partial charge in [0.05, 0.1) is 33.4 Å². The lowest BCUT2D eigenvalue weighted by molar-refractivity contribution is 0.525. The average Bonchev–Trinajstić information content (AvgIpc) is 3.41. The summed E-state index contributed by atoms with van der Waals surface area (Å²) in [6.07, 6.45) is 4.24. The van der Waals surface area contributed by atoms with Gasteiger partial charge in [-0.3, -0.25) is 4.98 Å². The summed E-state index contributed by atoms with van der Waals surface area (Å²) in [5, 5.41) is 18.8. The SMILES string of the molecule is C[C@]1(N)CCN(c2c(-c3ccc(F)c(C#N)c3)cncc2-c2nc3cccc(C#N)c3[nH]2)C1. The summed E-state index contributed by atoms with van der Waals surface area (Å²) >= 11 is 0. The number of anilines is 1. The van der Waals surface area contributed by atoms with E-state index in [1.165, 1.54) is 12.1 Å². The fourth-order valence-corrected chi connectivity index (χ4v) is 4.38. The molecule has 0 amide bonds. The number of rotatable bonds is 3. The molecule has 162 valence electrons. The molecule has 2 aromatic heterocycles. The summed E-state index contributed by atoms with van der Waals surface area (Å²) in [5.41, 5.74) is 10.9. The number of aromatic nitrogens is 3. The molecule has 0 radical (unpaired) electrons. The Balaban J connectivity index is 1.75. The Morgan fingerprint density at radius 1 is 1.12 bits per heavy atom. The third kappa shape index (κ3) is 3.57. The number of nitrogens with zero attached hydrogens (tertiary/aromatic N) is 5. The normalized spacial score (nSPS) is 17.8. The van der Waals surface area contributed by atoms with E-state index in [1.807, 2.05) is 19.1 Å². The van der Waals surface area contributed by atoms with Crippen LogP contribution >= 0.6 is 0 Å². The highest BCUT2D eigenvalue weighted by Gasteiger charge is 2.33. The lowest BCUT2D eigenvalue weighted by atomic mass is 9.99. The minimum Gasteiger partial charge on any atom is -0.368 e. The lowest BCUT2D eigenvalue weighted by Gasteiger charge is -2.26. The Labute approximate surface area is 189 Å². The molecule has 7 nitrogen and oxygen atoms in total. The molecule has 0 saturated carbocycles. The summed E-state index contributed by atoms with van der Waals surface area (Å²) in [6.45, 7) is 3.36. The number of nitrogens with one attached hydrogen (secondary N) is 1. The Bertz CT molecular complexity index is 1470. The average molecular weight is 437 g/mol. The largest absolute Gasteiger partial charge is 0.368 e. The van der Waals surface area contributed by atoms with Gasteiger partial charge in [0.15, 0.2) is 0 Å². The molecule has 1 fully saturated rings. The standard InChI is InChI=1S/C25H20FN7/c1-25(29)7-8-33(14-25)23-18(15-5-6-20(26)17(9-15)11-28)12-30-13-19(23)24-31-21-4-2-3-16(10-27)22(21)32-24/h2-6,9,12-13H,7-8,14,29H2,1H3,(H,31,32)/t25-/m0/s1. The van der Waals surface area contributed by atoms with Gasteiger partial charge in [0.25, 0.3) is 0 Å². The molecule has 0 aliphatic carbocycles. The van der Waals surface area contributed by atoms with Crippen molar-refractivity contribution in [2.45, 2.75) is 18.9 Å². The van der Waals surface area contributed by atoms with E-state index in [1.54, 1.807) is 30.6 Å². The van der Waals surface area contributed by atoms with Gasteiger partial charge in [0.2, 0.25) is 0 Å². The molecule has 0 spiro atoms. The van der Waals surface area contributed by atoms with E-state index in [4.69, 9.17) is 10.7 Å². The van der Waals surface area contributed by atoms with Crippen molar-refractivity contribution in [1.29, 1.82) is 10.5 Å². The van der Waals surface area contributed by atoms with Crippen molar-refractivity contribution in [3.8, 4) is 34.7 Å². The van der Waals surface area contributed by atoms with E-state index in [-0.39, 0.29) is 11.1 Å². The van der Waals surface area contributed by atoms with Gasteiger partial charge in [-0.25, -0.2) is 9.37 Å². The zero-order valence-electron chi connectivity index (χ0n) is 17.9. The van der Waals surface area contributed by atoms with Gasteiger partial charge in [-0.15, -0.1) is 0 Å². The van der Waals surface area contributed by atoms with Crippen molar-refractivity contribution >= 4 is 16.7 Å². The smallest absolute Gasteiger partial charge is 0.142 e. The molecule has 0 unspecified atom stereocenters. The molecule has 4 aromatic rings. The van der Waals surface area contributed by atoms with Crippen molar-refractivity contribution in [3.63, 3.8) is 0 Å². The number of H-pyrrole nitrogens is 1. The van der Waals surface area contributed by atoms with Crippen molar-refractivity contribution in [3.05, 3.63) is 65.7 Å². The Morgan fingerprint density at radius 3 is 2.64 bits per heavy atom. The highest BCUT2D eigenvalue weighted by Crippen LogP contribution is 2.41. The van der Waals surface area contributed by atoms with E-state index in [9.17, 15) is 14.9 Å². The number of para-hydroxylation sites is 1. The molecule has 1 aliphatic rings. The second kappa shape index (κ2) is 7.70. The summed E-state index contributed by atoms with van der Waals surface area (Å²) < 4.78 is 14.0. The number of fused-ring (bicyclic) bond motifs is 1. The fraction of sp³-hybridized carbons (Fsp3) is 0.200. The van der Waals surface area contributed by atoms with Crippen LogP contribution in [0, 0.1) is 28.5 Å². The molecule has 0 bridgehead atoms. The number of imidazole rings is 1. The van der Waals surface area contributed by atoms with Gasteiger partial charge in [0, 0.05) is 36.6 Å². The van der Waals surface area contributed by atoms with Gasteiger partial charge in [-0.2, -0.15) is 10.5 Å². The number of hydrogen-bond acceptors (Lipinski definition) is 6. The number of halogens is 1. The molecule has 2 aromatic carbocycles. The topological polar surface area (TPSA) is 118 Å². The summed E-state index contributed by atoms with van der Waals surface area (Å²) in [4.78, 5) is 14.6. The molecule has 33 heavy (non-hydrogen) atoms. The first-order valence-corrected chi connectivity index (χ1v) is 10.5. The summed E-state index contributed by atoms with van der Waals surface area (Å²) in [6, 6.07) is 13.9. The minimum absolute atomic E-state index is 0.0312. The van der Waals surface area contributed by atoms with Gasteiger partial charge in [-0.1, -0.05) is 12.1 Å². The Morgan fingerprint density at radius 2 is 1.91 bits per heavy atom. The predicted molar refractivity (Wildman–Crippen MR) is 124 cm³/mol. The molecule has 3 N–H and O–H groups in total. The van der Waals surface area contributed by atoms with Gasteiger partial charge < -0.3 is 15.6 Å². The summed E-state index contributed by atoms with van der Waals surface area (Å²) in [5.74, 6) is 0.00855. The van der Waals surface area contributed by atoms with Crippen LogP contribution in [0.3, 0.4) is 0 Å². The number of nitrogens with two attached hydrogens (primary N) is 1. The van der Waals surface area contributed by atoms with Crippen molar-refractivity contribution in [1.82, 2.24) is 15.0 Å². The van der Waals surface area contributed by atoms with E-state index < -0.39 is 5.82 Å². The Kier molecular flexibility index (Phi) is 4.81. The van der Waals surface area contributed by atoms with E-state index in [0.717, 1.165) is 29.8 Å². The molecule has 8 heteroatoms. The number of pyridine rings is 1. The third-order valence-corrected chi connectivity index (χ3v) is 6.03. The van der Waals surface area contributed by atoms with Crippen molar-refractivity contribution in [2.24, 2.45) is 5.73 Å². The zero-order valence-corrected chi connectivity index (χ0v) is 17.9. The molecular formula is C25H20FN7. The van der Waals surface area contributed by atoms with Crippen LogP contribution in [0.2, 0.25) is 0 Å². The van der Waals surface area contributed by atoms with Crippen molar-refractivity contribution < 1.29 is 4.39 Å². The second-order valence-corrected chi connectivity index (χ2v) is 8.61. The van der Waals surface area contributed by atoms with Crippen LogP contribution in [0.4, 0.5) is 10.1 Å². The van der Waals surface area contributed by atoms with Crippen LogP contribution in [0.5, 0.6) is 0 Å². The first kappa shape index (κ1) is 20.6. The van der Waals surface area contributed by atoms with Gasteiger partial charge in [-0.05, 0) is 43.2 Å². The van der Waals surface area contributed by atoms with Crippen LogP contribution in [-0.4, -0.2) is 33.6 Å². The van der Waals surface area contributed by atoms with E-state index in [0.29, 0.717) is 34.5 Å². The predicted octanol–water partition coefficient (Wildman–Crippen LogP) is 4.10. The molecule has 5 rings (SSSR count). The van der Waals surface area contributed by atoms with Crippen LogP contribution < -0.4 is 10.6 Å². The number of nitriles is 2. The highest BCUT2D eigenvalue weighted by molar-refractivity contribution is 5.92. The van der Waals surface area contributed by atoms with Crippen molar-refractivity contribution in [2.75, 3.05) is 18.0 Å². The molecule has 1 saturated heterocycles. The maximum Gasteiger partial charge on any atom is 0.142 e. The monoisotopic (exact) mass is 437 g/mol. The zero-order chi connectivity index (χ0) is 23.2. The molecule has 3 heterocycles. The first-order valence-electron chi connectivity index (χ1n) is 10.5. The maximum atomic E-state index is 14.0. The summed E-state index contributed by atoms with van der Waals surface area (Å²) in [7, 11) is 0. The number of hydrogen-bond donors (Lipinski definition) is 2.